The average Bonchev–Trinajstić information content (AvgIpc) is 3.46. The standard InChI is InChI=1S/C19H19F3N6O2/c20-11-1-2-27(7-11)19-25-14(10-3-15(30-18(21)22)17(23)24-6-10)5-16(26-19)28-8-13-4-12(28)9-29-13/h1,3,5-6,12-13,18H,2,4,7-9H2,(H2,23,24)/t12-,13-/m0/s1. The molecule has 0 amide bonds. The Kier molecular flexibility index (Phi) is 4.61. The van der Waals surface area contributed by atoms with Gasteiger partial charge in [-0.1, -0.05) is 0 Å². The molecule has 0 unspecified atom stereocenters. The van der Waals surface area contributed by atoms with Crippen LogP contribution in [0.2, 0.25) is 0 Å². The Morgan fingerprint density at radius 2 is 2.13 bits per heavy atom. The Hall–Kier alpha value is -3.08. The Morgan fingerprint density at radius 1 is 1.27 bits per heavy atom. The van der Waals surface area contributed by atoms with Crippen molar-refractivity contribution in [3.8, 4) is 17.0 Å². The summed E-state index contributed by atoms with van der Waals surface area (Å²) in [5, 5.41) is 0. The summed E-state index contributed by atoms with van der Waals surface area (Å²) < 4.78 is 49.2. The Labute approximate surface area is 170 Å². The molecule has 0 saturated carbocycles. The molecule has 5 rings (SSSR count). The van der Waals surface area contributed by atoms with Gasteiger partial charge < -0.3 is 25.0 Å². The number of pyridine rings is 1. The third-order valence-corrected chi connectivity index (χ3v) is 5.45. The molecule has 2 aromatic rings. The lowest BCUT2D eigenvalue weighted by Crippen LogP contribution is -2.38. The second kappa shape index (κ2) is 7.31. The van der Waals surface area contributed by atoms with Gasteiger partial charge in [0, 0.05) is 30.9 Å². The maximum absolute atomic E-state index is 13.7. The largest absolute Gasteiger partial charge is 0.431 e. The van der Waals surface area contributed by atoms with E-state index in [9.17, 15) is 13.2 Å². The Bertz CT molecular complexity index is 1000. The van der Waals surface area contributed by atoms with Gasteiger partial charge in [0.1, 0.15) is 11.6 Å². The van der Waals surface area contributed by atoms with Crippen LogP contribution in [0.1, 0.15) is 6.42 Å². The highest BCUT2D eigenvalue weighted by atomic mass is 19.3. The van der Waals surface area contributed by atoms with Gasteiger partial charge in [0.05, 0.1) is 31.0 Å². The Balaban J connectivity index is 1.55. The highest BCUT2D eigenvalue weighted by Crippen LogP contribution is 2.35. The first-order valence-corrected chi connectivity index (χ1v) is 9.54. The van der Waals surface area contributed by atoms with Crippen molar-refractivity contribution in [2.75, 3.05) is 41.8 Å². The molecule has 3 aliphatic rings. The minimum absolute atomic E-state index is 0.0811. The number of aromatic nitrogens is 3. The lowest BCUT2D eigenvalue weighted by Gasteiger charge is -2.29. The van der Waals surface area contributed by atoms with E-state index >= 15 is 0 Å². The molecular formula is C19H19F3N6O2. The van der Waals surface area contributed by atoms with Gasteiger partial charge in [-0.05, 0) is 18.6 Å². The summed E-state index contributed by atoms with van der Waals surface area (Å²) in [5.74, 6) is 0.399. The first-order chi connectivity index (χ1) is 14.5. The predicted molar refractivity (Wildman–Crippen MR) is 103 cm³/mol. The fourth-order valence-electron chi connectivity index (χ4n) is 4.00. The van der Waals surface area contributed by atoms with Crippen molar-refractivity contribution in [2.45, 2.75) is 25.2 Å². The molecule has 0 aliphatic carbocycles. The van der Waals surface area contributed by atoms with Crippen molar-refractivity contribution >= 4 is 17.6 Å². The van der Waals surface area contributed by atoms with Crippen LogP contribution >= 0.6 is 0 Å². The van der Waals surface area contributed by atoms with Crippen molar-refractivity contribution in [2.24, 2.45) is 0 Å². The second-order valence-electron chi connectivity index (χ2n) is 7.43. The lowest BCUT2D eigenvalue weighted by molar-refractivity contribution is -0.0494. The zero-order valence-corrected chi connectivity index (χ0v) is 15.8. The van der Waals surface area contributed by atoms with Crippen molar-refractivity contribution in [3.05, 3.63) is 30.2 Å². The monoisotopic (exact) mass is 420 g/mol. The van der Waals surface area contributed by atoms with E-state index in [1.165, 1.54) is 18.3 Å². The maximum Gasteiger partial charge on any atom is 0.387 e. The molecule has 2 atom stereocenters. The first kappa shape index (κ1) is 18.9. The molecule has 2 aromatic heterocycles. The van der Waals surface area contributed by atoms with Crippen molar-refractivity contribution in [1.82, 2.24) is 15.0 Å². The summed E-state index contributed by atoms with van der Waals surface area (Å²) in [6.45, 7) is -1.27. The Morgan fingerprint density at radius 3 is 2.80 bits per heavy atom. The highest BCUT2D eigenvalue weighted by Gasteiger charge is 2.40. The summed E-state index contributed by atoms with van der Waals surface area (Å²) in [6, 6.07) is 3.34. The molecule has 0 spiro atoms. The fourth-order valence-corrected chi connectivity index (χ4v) is 4.00. The van der Waals surface area contributed by atoms with Gasteiger partial charge in [-0.15, -0.1) is 0 Å². The molecule has 2 fully saturated rings. The van der Waals surface area contributed by atoms with Gasteiger partial charge >= 0.3 is 6.61 Å². The molecular weight excluding hydrogens is 401 g/mol. The van der Waals surface area contributed by atoms with Crippen LogP contribution in [0.25, 0.3) is 11.3 Å². The number of nitrogen functional groups attached to an aromatic ring is 1. The van der Waals surface area contributed by atoms with Crippen LogP contribution in [0.4, 0.5) is 30.8 Å². The van der Waals surface area contributed by atoms with Crippen LogP contribution in [0.3, 0.4) is 0 Å². The zero-order valence-electron chi connectivity index (χ0n) is 15.8. The third-order valence-electron chi connectivity index (χ3n) is 5.45. The minimum atomic E-state index is -3.03. The summed E-state index contributed by atoms with van der Waals surface area (Å²) in [6.07, 6.45) is 3.99. The van der Waals surface area contributed by atoms with Crippen LogP contribution in [0.15, 0.2) is 30.2 Å². The van der Waals surface area contributed by atoms with E-state index < -0.39 is 6.61 Å². The number of nitrogens with zero attached hydrogens (tertiary/aromatic N) is 5. The number of alkyl halides is 2. The van der Waals surface area contributed by atoms with Crippen molar-refractivity contribution in [1.29, 1.82) is 0 Å². The number of rotatable bonds is 5. The van der Waals surface area contributed by atoms with Crippen LogP contribution < -0.4 is 20.3 Å². The summed E-state index contributed by atoms with van der Waals surface area (Å²) in [7, 11) is 0. The van der Waals surface area contributed by atoms with E-state index in [4.69, 9.17) is 10.5 Å². The van der Waals surface area contributed by atoms with E-state index in [0.29, 0.717) is 42.7 Å². The van der Waals surface area contributed by atoms with Gasteiger partial charge in [-0.3, -0.25) is 0 Å². The second-order valence-corrected chi connectivity index (χ2v) is 7.43. The molecule has 30 heavy (non-hydrogen) atoms. The number of hydrogen-bond acceptors (Lipinski definition) is 8. The van der Waals surface area contributed by atoms with Crippen LogP contribution in [0, 0.1) is 0 Å². The lowest BCUT2D eigenvalue weighted by atomic mass is 10.2. The van der Waals surface area contributed by atoms with E-state index in [2.05, 4.69) is 24.6 Å². The molecule has 0 radical (unpaired) electrons. The first-order valence-electron chi connectivity index (χ1n) is 9.54. The van der Waals surface area contributed by atoms with Gasteiger partial charge in [-0.25, -0.2) is 14.4 Å². The van der Waals surface area contributed by atoms with Crippen LogP contribution in [-0.2, 0) is 4.74 Å². The van der Waals surface area contributed by atoms with E-state index in [0.717, 1.165) is 6.42 Å². The van der Waals surface area contributed by atoms with Gasteiger partial charge in [0.25, 0.3) is 0 Å². The number of anilines is 3. The number of morpholine rings is 1. The fraction of sp³-hybridized carbons (Fsp3) is 0.421. The van der Waals surface area contributed by atoms with E-state index in [1.807, 2.05) is 0 Å². The number of fused-ring (bicyclic) bond motifs is 2. The van der Waals surface area contributed by atoms with E-state index in [1.54, 1.807) is 11.0 Å². The summed E-state index contributed by atoms with van der Waals surface area (Å²) in [4.78, 5) is 17.0. The third kappa shape index (κ3) is 3.49. The number of halogens is 3. The maximum atomic E-state index is 13.7. The molecule has 0 aromatic carbocycles. The van der Waals surface area contributed by atoms with Gasteiger partial charge in [0.15, 0.2) is 11.6 Å². The smallest absolute Gasteiger partial charge is 0.387 e. The SMILES string of the molecule is Nc1ncc(-c2cc(N3C[C@@H]4C[C@H]3CO4)nc(N3CC=C(F)C3)n2)cc1OC(F)F. The predicted octanol–water partition coefficient (Wildman–Crippen LogP) is 2.37. The molecule has 8 nitrogen and oxygen atoms in total. The minimum Gasteiger partial charge on any atom is -0.431 e. The number of ether oxygens (including phenoxy) is 2. The molecule has 11 heteroatoms. The normalized spacial score (nSPS) is 22.9. The van der Waals surface area contributed by atoms with Crippen LogP contribution in [0.5, 0.6) is 5.75 Å². The highest BCUT2D eigenvalue weighted by molar-refractivity contribution is 5.68. The topological polar surface area (TPSA) is 89.6 Å². The molecule has 2 bridgehead atoms. The molecule has 5 heterocycles. The number of nitrogens with two attached hydrogens (primary N) is 1. The molecule has 2 N–H and O–H groups in total. The van der Waals surface area contributed by atoms with Crippen molar-refractivity contribution < 1.29 is 22.6 Å². The average molecular weight is 420 g/mol. The van der Waals surface area contributed by atoms with Crippen LogP contribution in [-0.4, -0.2) is 60.0 Å². The van der Waals surface area contributed by atoms with Crippen molar-refractivity contribution in [3.63, 3.8) is 0 Å². The summed E-state index contributed by atoms with van der Waals surface area (Å²) in [5.41, 5.74) is 6.55. The number of hydrogen-bond donors (Lipinski definition) is 1. The molecule has 2 saturated heterocycles. The van der Waals surface area contributed by atoms with Gasteiger partial charge in [-0.2, -0.15) is 13.8 Å². The summed E-state index contributed by atoms with van der Waals surface area (Å²) >= 11 is 0. The van der Waals surface area contributed by atoms with Gasteiger partial charge in [0.2, 0.25) is 5.95 Å². The quantitative estimate of drug-likeness (QED) is 0.789. The molecule has 158 valence electrons. The molecule has 3 aliphatic heterocycles. The zero-order chi connectivity index (χ0) is 20.8. The van der Waals surface area contributed by atoms with E-state index in [-0.39, 0.29) is 36.1 Å².